The molecule has 1 rings (SSSR count). The first-order chi connectivity index (χ1) is 9.31. The number of amides is 1. The molecule has 0 spiro atoms. The first kappa shape index (κ1) is 16.1. The number of rotatable bonds is 6. The Hall–Kier alpha value is -1.98. The van der Waals surface area contributed by atoms with Crippen LogP contribution in [0.5, 0.6) is 0 Å². The van der Waals surface area contributed by atoms with Crippen LogP contribution in [-0.2, 0) is 4.79 Å². The Labute approximate surface area is 115 Å². The molecule has 0 aromatic heterocycles. The molecule has 0 saturated heterocycles. The van der Waals surface area contributed by atoms with E-state index in [1.807, 2.05) is 13.8 Å². The fourth-order valence-corrected chi connectivity index (χ4v) is 1.75. The van der Waals surface area contributed by atoms with Crippen molar-refractivity contribution in [2.75, 3.05) is 0 Å². The van der Waals surface area contributed by atoms with Crippen LogP contribution in [0.1, 0.15) is 42.6 Å². The zero-order chi connectivity index (χ0) is 15.3. The van der Waals surface area contributed by atoms with Crippen molar-refractivity contribution in [3.8, 4) is 0 Å². The molecule has 0 aliphatic carbocycles. The summed E-state index contributed by atoms with van der Waals surface area (Å²) in [5, 5.41) is 11.4. The third kappa shape index (κ3) is 4.60. The van der Waals surface area contributed by atoms with E-state index < -0.39 is 24.3 Å². The highest BCUT2D eigenvalue weighted by molar-refractivity contribution is 5.96. The number of benzene rings is 1. The molecule has 0 radical (unpaired) electrons. The zero-order valence-electron chi connectivity index (χ0n) is 11.3. The molecular formula is C14H17F2NO3. The molecule has 4 nitrogen and oxygen atoms in total. The van der Waals surface area contributed by atoms with Crippen LogP contribution in [0.4, 0.5) is 8.78 Å². The van der Waals surface area contributed by atoms with Gasteiger partial charge in [0.15, 0.2) is 0 Å². The first-order valence-electron chi connectivity index (χ1n) is 6.23. The van der Waals surface area contributed by atoms with Gasteiger partial charge in [0.05, 0.1) is 0 Å². The number of hydrogen-bond acceptors (Lipinski definition) is 2. The number of halogens is 2. The van der Waals surface area contributed by atoms with Crippen LogP contribution in [-0.4, -0.2) is 23.0 Å². The highest BCUT2D eigenvalue weighted by atomic mass is 19.3. The Morgan fingerprint density at radius 3 is 2.45 bits per heavy atom. The lowest BCUT2D eigenvalue weighted by molar-refractivity contribution is -0.139. The summed E-state index contributed by atoms with van der Waals surface area (Å²) in [6.07, 6.45) is -2.40. The van der Waals surface area contributed by atoms with E-state index in [0.717, 1.165) is 6.07 Å². The fraction of sp³-hybridized carbons (Fsp3) is 0.429. The van der Waals surface area contributed by atoms with E-state index in [-0.39, 0.29) is 23.5 Å². The Bertz CT molecular complexity index is 489. The van der Waals surface area contributed by atoms with Gasteiger partial charge in [-0.3, -0.25) is 4.79 Å². The number of aliphatic carboxylic acids is 1. The molecule has 0 aliphatic rings. The van der Waals surface area contributed by atoms with E-state index >= 15 is 0 Å². The maximum Gasteiger partial charge on any atom is 0.326 e. The van der Waals surface area contributed by atoms with Crippen molar-refractivity contribution in [3.05, 3.63) is 35.4 Å². The molecule has 2 N–H and O–H groups in total. The Kier molecular flexibility index (Phi) is 5.61. The van der Waals surface area contributed by atoms with Crippen LogP contribution in [0.25, 0.3) is 0 Å². The number of alkyl halides is 2. The van der Waals surface area contributed by atoms with Crippen LogP contribution >= 0.6 is 0 Å². The quantitative estimate of drug-likeness (QED) is 0.844. The Morgan fingerprint density at radius 1 is 1.30 bits per heavy atom. The van der Waals surface area contributed by atoms with Crippen LogP contribution < -0.4 is 5.32 Å². The second kappa shape index (κ2) is 6.98. The number of carbonyl (C=O) groups excluding carboxylic acids is 1. The lowest BCUT2D eigenvalue weighted by Gasteiger charge is -2.16. The second-order valence-corrected chi connectivity index (χ2v) is 4.92. The normalized spacial score (nSPS) is 12.5. The molecule has 1 aromatic rings. The third-order valence-electron chi connectivity index (χ3n) is 2.71. The van der Waals surface area contributed by atoms with Crippen LogP contribution in [0.2, 0.25) is 0 Å². The van der Waals surface area contributed by atoms with E-state index in [9.17, 15) is 18.4 Å². The summed E-state index contributed by atoms with van der Waals surface area (Å²) >= 11 is 0. The van der Waals surface area contributed by atoms with Crippen LogP contribution in [0, 0.1) is 5.92 Å². The van der Waals surface area contributed by atoms with Gasteiger partial charge in [-0.05, 0) is 24.5 Å². The molecule has 0 saturated carbocycles. The average Bonchev–Trinajstić information content (AvgIpc) is 2.37. The Morgan fingerprint density at radius 2 is 1.95 bits per heavy atom. The van der Waals surface area contributed by atoms with Crippen molar-refractivity contribution in [1.82, 2.24) is 5.32 Å². The largest absolute Gasteiger partial charge is 0.480 e. The number of carboxylic acids is 1. The lowest BCUT2D eigenvalue weighted by Crippen LogP contribution is -2.41. The van der Waals surface area contributed by atoms with Gasteiger partial charge < -0.3 is 10.4 Å². The van der Waals surface area contributed by atoms with Gasteiger partial charge in [-0.15, -0.1) is 0 Å². The van der Waals surface area contributed by atoms with E-state index in [4.69, 9.17) is 5.11 Å². The summed E-state index contributed by atoms with van der Waals surface area (Å²) in [6.45, 7) is 3.67. The molecular weight excluding hydrogens is 268 g/mol. The molecule has 0 aliphatic heterocycles. The topological polar surface area (TPSA) is 66.4 Å². The van der Waals surface area contributed by atoms with Gasteiger partial charge >= 0.3 is 5.97 Å². The highest BCUT2D eigenvalue weighted by Crippen LogP contribution is 2.19. The minimum atomic E-state index is -2.67. The van der Waals surface area contributed by atoms with E-state index in [1.54, 1.807) is 0 Å². The number of hydrogen-bond donors (Lipinski definition) is 2. The van der Waals surface area contributed by atoms with Crippen LogP contribution in [0.15, 0.2) is 24.3 Å². The molecule has 1 amide bonds. The summed E-state index contributed by atoms with van der Waals surface area (Å²) in [7, 11) is 0. The maximum atomic E-state index is 12.5. The van der Waals surface area contributed by atoms with Crippen LogP contribution in [0.3, 0.4) is 0 Å². The van der Waals surface area contributed by atoms with Gasteiger partial charge in [0.25, 0.3) is 12.3 Å². The van der Waals surface area contributed by atoms with Crippen molar-refractivity contribution in [2.24, 2.45) is 5.92 Å². The monoisotopic (exact) mass is 285 g/mol. The fourth-order valence-electron chi connectivity index (χ4n) is 1.75. The van der Waals surface area contributed by atoms with E-state index in [0.29, 0.717) is 0 Å². The smallest absolute Gasteiger partial charge is 0.326 e. The molecule has 0 heterocycles. The van der Waals surface area contributed by atoms with Gasteiger partial charge in [0.1, 0.15) is 6.04 Å². The van der Waals surface area contributed by atoms with Crippen molar-refractivity contribution in [3.63, 3.8) is 0 Å². The predicted octanol–water partition coefficient (Wildman–Crippen LogP) is 2.85. The standard InChI is InChI=1S/C14H17F2NO3/c1-8(2)6-11(14(19)20)17-13(18)10-5-3-4-9(7-10)12(15)16/h3-5,7-8,11-12H,6H2,1-2H3,(H,17,18)(H,19,20)/t11-/m1/s1. The van der Waals surface area contributed by atoms with Gasteiger partial charge in [0, 0.05) is 11.1 Å². The first-order valence-corrected chi connectivity index (χ1v) is 6.23. The minimum absolute atomic E-state index is 0.0257. The highest BCUT2D eigenvalue weighted by Gasteiger charge is 2.22. The summed E-state index contributed by atoms with van der Waals surface area (Å²) in [4.78, 5) is 22.9. The molecule has 0 fully saturated rings. The zero-order valence-corrected chi connectivity index (χ0v) is 11.3. The van der Waals surface area contributed by atoms with E-state index in [1.165, 1.54) is 18.2 Å². The summed E-state index contributed by atoms with van der Waals surface area (Å²) in [6, 6.07) is 3.96. The van der Waals surface area contributed by atoms with Crippen molar-refractivity contribution >= 4 is 11.9 Å². The molecule has 0 unspecified atom stereocenters. The van der Waals surface area contributed by atoms with Gasteiger partial charge in [-0.1, -0.05) is 26.0 Å². The van der Waals surface area contributed by atoms with Gasteiger partial charge in [-0.25, -0.2) is 13.6 Å². The molecule has 1 atom stereocenters. The Balaban J connectivity index is 2.83. The SMILES string of the molecule is CC(C)C[C@@H](NC(=O)c1cccc(C(F)F)c1)C(=O)O. The van der Waals surface area contributed by atoms with Crippen molar-refractivity contribution in [2.45, 2.75) is 32.7 Å². The van der Waals surface area contributed by atoms with E-state index in [2.05, 4.69) is 5.32 Å². The molecule has 20 heavy (non-hydrogen) atoms. The maximum absolute atomic E-state index is 12.5. The predicted molar refractivity (Wildman–Crippen MR) is 69.7 cm³/mol. The summed E-state index contributed by atoms with van der Waals surface area (Å²) < 4.78 is 25.1. The third-order valence-corrected chi connectivity index (χ3v) is 2.71. The number of carboxylic acid groups (broad SMARTS) is 1. The molecule has 1 aromatic carbocycles. The summed E-state index contributed by atoms with van der Waals surface area (Å²) in [5.74, 6) is -1.72. The van der Waals surface area contributed by atoms with Crippen molar-refractivity contribution in [1.29, 1.82) is 0 Å². The lowest BCUT2D eigenvalue weighted by atomic mass is 10.0. The van der Waals surface area contributed by atoms with Gasteiger partial charge in [0.2, 0.25) is 0 Å². The van der Waals surface area contributed by atoms with Crippen molar-refractivity contribution < 1.29 is 23.5 Å². The minimum Gasteiger partial charge on any atom is -0.480 e. The molecule has 110 valence electrons. The average molecular weight is 285 g/mol. The molecule has 0 bridgehead atoms. The van der Waals surface area contributed by atoms with Gasteiger partial charge in [-0.2, -0.15) is 0 Å². The second-order valence-electron chi connectivity index (χ2n) is 4.92. The summed E-state index contributed by atoms with van der Waals surface area (Å²) in [5.41, 5.74) is -0.244. The number of nitrogens with one attached hydrogen (secondary N) is 1. The molecule has 6 heteroatoms. The number of carbonyl (C=O) groups is 2.